The maximum absolute atomic E-state index is 11.4. The van der Waals surface area contributed by atoms with E-state index in [-0.39, 0.29) is 18.1 Å². The minimum Gasteiger partial charge on any atom is -0.504 e. The molecule has 0 saturated carbocycles. The largest absolute Gasteiger partial charge is 0.504 e. The molecule has 0 aliphatic rings. The number of hydrogen-bond donors (Lipinski definition) is 2. The van der Waals surface area contributed by atoms with Crippen LogP contribution in [-0.2, 0) is 9.53 Å². The molecule has 5 heteroatoms. The SMILES string of the molecule is CCCOC(=O)C(O)c1ccc(O)c(OC)c1. The molecule has 17 heavy (non-hydrogen) atoms. The summed E-state index contributed by atoms with van der Waals surface area (Å²) >= 11 is 0. The van der Waals surface area contributed by atoms with E-state index in [9.17, 15) is 15.0 Å². The molecule has 1 aromatic carbocycles. The molecule has 0 fully saturated rings. The number of methoxy groups -OCH3 is 1. The molecule has 2 N–H and O–H groups in total. The van der Waals surface area contributed by atoms with Crippen LogP contribution in [-0.4, -0.2) is 29.9 Å². The number of hydrogen-bond acceptors (Lipinski definition) is 5. The van der Waals surface area contributed by atoms with Gasteiger partial charge in [-0.25, -0.2) is 4.79 Å². The number of phenols is 1. The Morgan fingerprint density at radius 2 is 2.18 bits per heavy atom. The molecule has 5 nitrogen and oxygen atoms in total. The minimum atomic E-state index is -1.36. The lowest BCUT2D eigenvalue weighted by molar-refractivity contribution is -0.153. The molecule has 0 spiro atoms. The number of aliphatic hydroxyl groups excluding tert-OH is 1. The Balaban J connectivity index is 2.81. The van der Waals surface area contributed by atoms with Gasteiger partial charge in [0.25, 0.3) is 0 Å². The van der Waals surface area contributed by atoms with Crippen molar-refractivity contribution in [2.24, 2.45) is 0 Å². The first-order chi connectivity index (χ1) is 8.10. The van der Waals surface area contributed by atoms with Crippen molar-refractivity contribution in [3.63, 3.8) is 0 Å². The van der Waals surface area contributed by atoms with E-state index in [1.54, 1.807) is 0 Å². The van der Waals surface area contributed by atoms with Gasteiger partial charge >= 0.3 is 5.97 Å². The molecule has 1 atom stereocenters. The predicted octanol–water partition coefficient (Wildman–Crippen LogP) is 1.39. The van der Waals surface area contributed by atoms with Crippen molar-refractivity contribution in [2.45, 2.75) is 19.4 Å². The maximum atomic E-state index is 11.4. The average Bonchev–Trinajstić information content (AvgIpc) is 2.35. The fraction of sp³-hybridized carbons (Fsp3) is 0.417. The van der Waals surface area contributed by atoms with Gasteiger partial charge in [0.15, 0.2) is 17.6 Å². The monoisotopic (exact) mass is 240 g/mol. The fourth-order valence-electron chi connectivity index (χ4n) is 1.28. The number of phenolic OH excluding ortho intramolecular Hbond substituents is 1. The zero-order valence-corrected chi connectivity index (χ0v) is 9.84. The van der Waals surface area contributed by atoms with Crippen LogP contribution in [0.4, 0.5) is 0 Å². The molecule has 0 bridgehead atoms. The number of benzene rings is 1. The van der Waals surface area contributed by atoms with Gasteiger partial charge in [-0.3, -0.25) is 0 Å². The van der Waals surface area contributed by atoms with Crippen LogP contribution in [0.2, 0.25) is 0 Å². The van der Waals surface area contributed by atoms with E-state index in [0.717, 1.165) is 0 Å². The van der Waals surface area contributed by atoms with E-state index in [2.05, 4.69) is 0 Å². The summed E-state index contributed by atoms with van der Waals surface area (Å²) in [5.74, 6) is -0.560. The summed E-state index contributed by atoms with van der Waals surface area (Å²) in [6.07, 6.45) is -0.673. The molecule has 0 aromatic heterocycles. The highest BCUT2D eigenvalue weighted by Gasteiger charge is 2.20. The van der Waals surface area contributed by atoms with Crippen molar-refractivity contribution < 1.29 is 24.5 Å². The summed E-state index contributed by atoms with van der Waals surface area (Å²) in [4.78, 5) is 11.4. The number of rotatable bonds is 5. The second-order valence-corrected chi connectivity index (χ2v) is 3.50. The third-order valence-corrected chi connectivity index (χ3v) is 2.19. The van der Waals surface area contributed by atoms with Gasteiger partial charge < -0.3 is 19.7 Å². The lowest BCUT2D eigenvalue weighted by Crippen LogP contribution is -2.16. The van der Waals surface area contributed by atoms with Crippen LogP contribution < -0.4 is 4.74 Å². The molecule has 0 amide bonds. The molecule has 94 valence electrons. The zero-order chi connectivity index (χ0) is 12.8. The van der Waals surface area contributed by atoms with E-state index >= 15 is 0 Å². The van der Waals surface area contributed by atoms with Gasteiger partial charge in [0.1, 0.15) is 0 Å². The number of carbonyl (C=O) groups excluding carboxylic acids is 1. The van der Waals surface area contributed by atoms with Gasteiger partial charge in [0.2, 0.25) is 0 Å². The lowest BCUT2D eigenvalue weighted by atomic mass is 10.1. The highest BCUT2D eigenvalue weighted by atomic mass is 16.5. The Kier molecular flexibility index (Phi) is 4.78. The molecule has 0 saturated heterocycles. The highest BCUT2D eigenvalue weighted by Crippen LogP contribution is 2.29. The second-order valence-electron chi connectivity index (χ2n) is 3.50. The molecule has 1 rings (SSSR count). The lowest BCUT2D eigenvalue weighted by Gasteiger charge is -2.12. The van der Waals surface area contributed by atoms with Crippen LogP contribution in [0.3, 0.4) is 0 Å². The van der Waals surface area contributed by atoms with Gasteiger partial charge in [-0.1, -0.05) is 13.0 Å². The smallest absolute Gasteiger partial charge is 0.339 e. The van der Waals surface area contributed by atoms with E-state index in [0.29, 0.717) is 12.0 Å². The van der Waals surface area contributed by atoms with Gasteiger partial charge in [0, 0.05) is 0 Å². The van der Waals surface area contributed by atoms with Crippen molar-refractivity contribution in [2.75, 3.05) is 13.7 Å². The molecule has 0 heterocycles. The summed E-state index contributed by atoms with van der Waals surface area (Å²) in [7, 11) is 1.39. The molecule has 0 aliphatic heterocycles. The van der Waals surface area contributed by atoms with Gasteiger partial charge in [-0.05, 0) is 24.1 Å². The number of carbonyl (C=O) groups is 1. The van der Waals surface area contributed by atoms with Crippen LogP contribution >= 0.6 is 0 Å². The normalized spacial score (nSPS) is 11.9. The molecular weight excluding hydrogens is 224 g/mol. The Labute approximate surface area is 99.6 Å². The van der Waals surface area contributed by atoms with Crippen LogP contribution in [0.25, 0.3) is 0 Å². The number of aliphatic hydroxyl groups is 1. The first-order valence-corrected chi connectivity index (χ1v) is 5.31. The van der Waals surface area contributed by atoms with Crippen LogP contribution in [0.1, 0.15) is 25.0 Å². The van der Waals surface area contributed by atoms with Crippen molar-refractivity contribution in [1.29, 1.82) is 0 Å². The Hall–Kier alpha value is -1.75. The summed E-state index contributed by atoms with van der Waals surface area (Å²) in [6, 6.07) is 4.19. The van der Waals surface area contributed by atoms with Crippen molar-refractivity contribution >= 4 is 5.97 Å². The number of aromatic hydroxyl groups is 1. The van der Waals surface area contributed by atoms with E-state index in [4.69, 9.17) is 9.47 Å². The quantitative estimate of drug-likeness (QED) is 0.760. The third kappa shape index (κ3) is 3.35. The summed E-state index contributed by atoms with van der Waals surface area (Å²) in [6.45, 7) is 2.13. The van der Waals surface area contributed by atoms with Crippen LogP contribution in [0.5, 0.6) is 11.5 Å². The Morgan fingerprint density at radius 1 is 1.47 bits per heavy atom. The van der Waals surface area contributed by atoms with Crippen molar-refractivity contribution in [1.82, 2.24) is 0 Å². The highest BCUT2D eigenvalue weighted by molar-refractivity contribution is 5.76. The minimum absolute atomic E-state index is 0.0506. The molecule has 0 radical (unpaired) electrons. The number of ether oxygens (including phenoxy) is 2. The maximum Gasteiger partial charge on any atom is 0.339 e. The predicted molar refractivity (Wildman–Crippen MR) is 60.9 cm³/mol. The van der Waals surface area contributed by atoms with E-state index in [1.165, 1.54) is 25.3 Å². The van der Waals surface area contributed by atoms with Crippen LogP contribution in [0, 0.1) is 0 Å². The van der Waals surface area contributed by atoms with Gasteiger partial charge in [-0.15, -0.1) is 0 Å². The summed E-state index contributed by atoms with van der Waals surface area (Å²) in [5, 5.41) is 19.1. The topological polar surface area (TPSA) is 76.0 Å². The van der Waals surface area contributed by atoms with Crippen molar-refractivity contribution in [3.8, 4) is 11.5 Å². The second kappa shape index (κ2) is 6.10. The molecular formula is C12H16O5. The molecule has 1 unspecified atom stereocenters. The average molecular weight is 240 g/mol. The molecule has 1 aromatic rings. The Morgan fingerprint density at radius 3 is 2.76 bits per heavy atom. The summed E-state index contributed by atoms with van der Waals surface area (Å²) < 4.78 is 9.70. The standard InChI is InChI=1S/C12H16O5/c1-3-6-17-12(15)11(14)8-4-5-9(13)10(7-8)16-2/h4-5,7,11,13-14H,3,6H2,1-2H3. The van der Waals surface area contributed by atoms with E-state index in [1.807, 2.05) is 6.92 Å². The summed E-state index contributed by atoms with van der Waals surface area (Å²) in [5.41, 5.74) is 0.320. The third-order valence-electron chi connectivity index (χ3n) is 2.19. The van der Waals surface area contributed by atoms with E-state index < -0.39 is 12.1 Å². The number of esters is 1. The molecule has 0 aliphatic carbocycles. The zero-order valence-electron chi connectivity index (χ0n) is 9.84. The first-order valence-electron chi connectivity index (χ1n) is 5.31. The van der Waals surface area contributed by atoms with Gasteiger partial charge in [-0.2, -0.15) is 0 Å². The first kappa shape index (κ1) is 13.3. The Bertz CT molecular complexity index is 388. The van der Waals surface area contributed by atoms with Crippen LogP contribution in [0.15, 0.2) is 18.2 Å². The fourth-order valence-corrected chi connectivity index (χ4v) is 1.28. The van der Waals surface area contributed by atoms with Crippen molar-refractivity contribution in [3.05, 3.63) is 23.8 Å². The van der Waals surface area contributed by atoms with Gasteiger partial charge in [0.05, 0.1) is 13.7 Å².